The van der Waals surface area contributed by atoms with Crippen molar-refractivity contribution in [3.05, 3.63) is 152 Å². The maximum Gasteiger partial charge on any atom is 0.139 e. The first kappa shape index (κ1) is 28.4. The number of hydrogen-bond donors (Lipinski definition) is 0. The van der Waals surface area contributed by atoms with Gasteiger partial charge in [-0.1, -0.05) is 84.9 Å². The zero-order valence-electron chi connectivity index (χ0n) is 28.0. The van der Waals surface area contributed by atoms with Crippen LogP contribution in [0.1, 0.15) is 12.8 Å². The van der Waals surface area contributed by atoms with E-state index in [-0.39, 0.29) is 0 Å². The van der Waals surface area contributed by atoms with Gasteiger partial charge in [0.1, 0.15) is 5.82 Å². The molecule has 0 radical (unpaired) electrons. The minimum Gasteiger partial charge on any atom is -0.371 e. The van der Waals surface area contributed by atoms with Crippen LogP contribution in [-0.4, -0.2) is 32.2 Å². The van der Waals surface area contributed by atoms with Gasteiger partial charge in [0, 0.05) is 75.2 Å². The molecular formula is C46H33N5. The molecule has 5 heterocycles. The summed E-state index contributed by atoms with van der Waals surface area (Å²) in [5, 5.41) is 8.42. The third-order valence-corrected chi connectivity index (χ3v) is 10.9. The maximum absolute atomic E-state index is 4.98. The van der Waals surface area contributed by atoms with Crippen molar-refractivity contribution >= 4 is 71.0 Å². The van der Waals surface area contributed by atoms with Gasteiger partial charge in [-0.05, 0) is 77.9 Å². The summed E-state index contributed by atoms with van der Waals surface area (Å²) in [6.07, 6.45) is 6.39. The Balaban J connectivity index is 1.18. The molecule has 10 aromatic rings. The number of benzene rings is 6. The predicted octanol–water partition coefficient (Wildman–Crippen LogP) is 11.2. The molecule has 1 fully saturated rings. The van der Waals surface area contributed by atoms with E-state index in [9.17, 15) is 0 Å². The topological polar surface area (TPSA) is 38.9 Å². The minimum atomic E-state index is 0.947. The summed E-state index contributed by atoms with van der Waals surface area (Å²) in [6, 6.07) is 50.7. The van der Waals surface area contributed by atoms with E-state index in [0.717, 1.165) is 51.9 Å². The van der Waals surface area contributed by atoms with Crippen LogP contribution in [-0.2, 0) is 0 Å². The van der Waals surface area contributed by atoms with Crippen LogP contribution < -0.4 is 4.90 Å². The lowest BCUT2D eigenvalue weighted by atomic mass is 9.97. The van der Waals surface area contributed by atoms with Crippen molar-refractivity contribution in [2.24, 2.45) is 0 Å². The Morgan fingerprint density at radius 2 is 1.12 bits per heavy atom. The van der Waals surface area contributed by atoms with Crippen molar-refractivity contribution in [3.8, 4) is 22.6 Å². The molecule has 5 heteroatoms. The smallest absolute Gasteiger partial charge is 0.139 e. The summed E-state index contributed by atoms with van der Waals surface area (Å²) < 4.78 is 4.78. The van der Waals surface area contributed by atoms with Crippen LogP contribution in [0.15, 0.2) is 152 Å². The fraction of sp³-hybridized carbons (Fsp3) is 0.0870. The third kappa shape index (κ3) is 4.28. The van der Waals surface area contributed by atoms with Gasteiger partial charge in [-0.25, -0.2) is 4.98 Å². The Kier molecular flexibility index (Phi) is 6.14. The fourth-order valence-electron chi connectivity index (χ4n) is 8.60. The number of anilines is 1. The highest BCUT2D eigenvalue weighted by molar-refractivity contribution is 6.19. The Hall–Kier alpha value is -6.46. The molecule has 0 unspecified atom stereocenters. The van der Waals surface area contributed by atoms with E-state index in [4.69, 9.17) is 9.97 Å². The van der Waals surface area contributed by atoms with E-state index in [0.29, 0.717) is 0 Å². The minimum absolute atomic E-state index is 0.947. The lowest BCUT2D eigenvalue weighted by Crippen LogP contribution is -2.17. The number of pyridine rings is 2. The molecule has 4 aromatic heterocycles. The van der Waals surface area contributed by atoms with Crippen LogP contribution in [0.4, 0.5) is 5.69 Å². The zero-order valence-corrected chi connectivity index (χ0v) is 28.0. The van der Waals surface area contributed by atoms with Gasteiger partial charge in [-0.15, -0.1) is 0 Å². The summed E-state index contributed by atoms with van der Waals surface area (Å²) in [6.45, 7) is 2.20. The number of fused-ring (bicyclic) bond motifs is 9. The van der Waals surface area contributed by atoms with Crippen molar-refractivity contribution in [2.75, 3.05) is 18.0 Å². The van der Waals surface area contributed by atoms with Gasteiger partial charge in [0.15, 0.2) is 0 Å². The second kappa shape index (κ2) is 11.0. The molecule has 0 N–H and O–H groups in total. The Morgan fingerprint density at radius 1 is 0.431 bits per heavy atom. The van der Waals surface area contributed by atoms with E-state index in [1.54, 1.807) is 0 Å². The number of nitrogens with zero attached hydrogens (tertiary/aromatic N) is 5. The average Bonchev–Trinajstić information content (AvgIpc) is 3.93. The van der Waals surface area contributed by atoms with Crippen molar-refractivity contribution < 1.29 is 0 Å². The highest BCUT2D eigenvalue weighted by atomic mass is 15.2. The van der Waals surface area contributed by atoms with Crippen molar-refractivity contribution in [1.82, 2.24) is 19.1 Å². The molecule has 0 aliphatic carbocycles. The Bertz CT molecular complexity index is 2980. The lowest BCUT2D eigenvalue weighted by molar-refractivity contribution is 0.949. The van der Waals surface area contributed by atoms with E-state index in [2.05, 4.69) is 154 Å². The first-order valence-electron chi connectivity index (χ1n) is 17.9. The summed E-state index contributed by atoms with van der Waals surface area (Å²) in [5.74, 6) is 0.947. The molecule has 242 valence electrons. The zero-order chi connectivity index (χ0) is 33.5. The molecule has 0 amide bonds. The van der Waals surface area contributed by atoms with Crippen LogP contribution in [0.2, 0.25) is 0 Å². The van der Waals surface area contributed by atoms with Gasteiger partial charge in [0.2, 0.25) is 0 Å². The molecule has 1 aliphatic rings. The molecule has 5 nitrogen and oxygen atoms in total. The Labute approximate surface area is 294 Å². The second-order valence-corrected chi connectivity index (χ2v) is 13.7. The highest BCUT2D eigenvalue weighted by Crippen LogP contribution is 2.40. The molecule has 11 rings (SSSR count). The number of hydrogen-bond acceptors (Lipinski definition) is 3. The van der Waals surface area contributed by atoms with Gasteiger partial charge < -0.3 is 9.47 Å². The van der Waals surface area contributed by atoms with Crippen molar-refractivity contribution in [2.45, 2.75) is 12.8 Å². The highest BCUT2D eigenvalue weighted by Gasteiger charge is 2.20. The molecule has 0 atom stereocenters. The maximum atomic E-state index is 4.98. The average molecular weight is 656 g/mol. The largest absolute Gasteiger partial charge is 0.371 e. The summed E-state index contributed by atoms with van der Waals surface area (Å²) in [5.41, 5.74) is 10.4. The van der Waals surface area contributed by atoms with Gasteiger partial charge >= 0.3 is 0 Å². The van der Waals surface area contributed by atoms with Gasteiger partial charge in [0.25, 0.3) is 0 Å². The van der Waals surface area contributed by atoms with E-state index < -0.39 is 0 Å². The number of aromatic nitrogens is 4. The predicted molar refractivity (Wildman–Crippen MR) is 213 cm³/mol. The van der Waals surface area contributed by atoms with Crippen molar-refractivity contribution in [1.29, 1.82) is 0 Å². The monoisotopic (exact) mass is 655 g/mol. The normalized spacial score (nSPS) is 13.5. The number of para-hydroxylation sites is 2. The SMILES string of the molecule is c1ccc(-c2ccnc3c2ccc2cc4c5ccccc5n(-c5ccc6c7ccccc7n(-c7cc(N8CCCC8)ccn7)c6c5)c4cc23)cc1. The quantitative estimate of drug-likeness (QED) is 0.177. The third-order valence-electron chi connectivity index (χ3n) is 10.9. The first-order chi connectivity index (χ1) is 25.3. The van der Waals surface area contributed by atoms with Crippen LogP contribution in [0, 0.1) is 0 Å². The van der Waals surface area contributed by atoms with Gasteiger partial charge in [0.05, 0.1) is 27.6 Å². The molecule has 6 aromatic carbocycles. The number of rotatable bonds is 4. The van der Waals surface area contributed by atoms with E-state index in [1.807, 2.05) is 12.4 Å². The van der Waals surface area contributed by atoms with Crippen molar-refractivity contribution in [3.63, 3.8) is 0 Å². The van der Waals surface area contributed by atoms with E-state index >= 15 is 0 Å². The molecule has 51 heavy (non-hydrogen) atoms. The summed E-state index contributed by atoms with van der Waals surface area (Å²) in [7, 11) is 0. The summed E-state index contributed by atoms with van der Waals surface area (Å²) in [4.78, 5) is 12.4. The van der Waals surface area contributed by atoms with Gasteiger partial charge in [-0.2, -0.15) is 0 Å². The van der Waals surface area contributed by atoms with Gasteiger partial charge in [-0.3, -0.25) is 9.55 Å². The van der Waals surface area contributed by atoms with Crippen LogP contribution in [0.3, 0.4) is 0 Å². The lowest BCUT2D eigenvalue weighted by Gasteiger charge is -2.18. The molecule has 1 saturated heterocycles. The first-order valence-corrected chi connectivity index (χ1v) is 17.9. The standard InChI is InChI=1S/C46H33N5/c1-2-10-30(11-3-1)34-21-23-48-46-38(34)18-16-31-26-40-36-13-5-6-14-41(36)50(44(40)29-39(31)46)33-17-19-37-35-12-4-7-15-42(35)51(43(37)27-33)45-28-32(20-22-47-45)49-24-8-9-25-49/h1-7,10-23,26-29H,8-9,24-25H2. The molecular weight excluding hydrogens is 623 g/mol. The van der Waals surface area contributed by atoms with Crippen LogP contribution >= 0.6 is 0 Å². The van der Waals surface area contributed by atoms with E-state index in [1.165, 1.54) is 67.6 Å². The molecule has 0 spiro atoms. The molecule has 0 saturated carbocycles. The fourth-order valence-corrected chi connectivity index (χ4v) is 8.60. The Morgan fingerprint density at radius 3 is 1.96 bits per heavy atom. The van der Waals surface area contributed by atoms with Crippen LogP contribution in [0.5, 0.6) is 0 Å². The summed E-state index contributed by atoms with van der Waals surface area (Å²) >= 11 is 0. The second-order valence-electron chi connectivity index (χ2n) is 13.7. The molecule has 0 bridgehead atoms. The molecule has 1 aliphatic heterocycles. The van der Waals surface area contributed by atoms with Crippen LogP contribution in [0.25, 0.3) is 87.9 Å².